The Morgan fingerprint density at radius 1 is 0.531 bits per heavy atom. The van der Waals surface area contributed by atoms with Gasteiger partial charge in [-0.15, -0.1) is 0 Å². The molecule has 0 aliphatic carbocycles. The van der Waals surface area contributed by atoms with Crippen LogP contribution in [0, 0.1) is 41.5 Å². The monoisotopic (exact) mass is 419 g/mol. The topological polar surface area (TPSA) is 30.7 Å². The van der Waals surface area contributed by atoms with E-state index < -0.39 is 0 Å². The second-order valence-electron chi connectivity index (χ2n) is 9.30. The first kappa shape index (κ1) is 20.4. The first-order chi connectivity index (χ1) is 15.2. The van der Waals surface area contributed by atoms with E-state index in [9.17, 15) is 0 Å². The van der Waals surface area contributed by atoms with Crippen molar-refractivity contribution >= 4 is 22.1 Å². The molecule has 0 N–H and O–H groups in total. The number of fused-ring (bicyclic) bond motifs is 3. The molecule has 0 aliphatic rings. The molecule has 0 spiro atoms. The fourth-order valence-electron chi connectivity index (χ4n) is 5.49. The highest BCUT2D eigenvalue weighted by atomic mass is 15.1. The van der Waals surface area contributed by atoms with Crippen molar-refractivity contribution in [2.75, 3.05) is 0 Å². The average Bonchev–Trinajstić information content (AvgIpc) is 2.98. The Morgan fingerprint density at radius 2 is 0.875 bits per heavy atom. The van der Waals surface area contributed by atoms with Crippen molar-refractivity contribution < 1.29 is 0 Å². The molecule has 0 atom stereocenters. The van der Waals surface area contributed by atoms with Crippen LogP contribution in [0.4, 0.5) is 0 Å². The molecule has 0 amide bonds. The highest BCUT2D eigenvalue weighted by molar-refractivity contribution is 6.07. The smallest absolute Gasteiger partial charge is 0.141 e. The minimum absolute atomic E-state index is 0.966. The Bertz CT molecular complexity index is 1380. The maximum atomic E-state index is 4.87. The predicted molar refractivity (Wildman–Crippen MR) is 135 cm³/mol. The van der Waals surface area contributed by atoms with Gasteiger partial charge in [-0.05, 0) is 87.1 Å². The minimum atomic E-state index is 0.966. The van der Waals surface area contributed by atoms with E-state index in [0.717, 1.165) is 33.2 Å². The lowest BCUT2D eigenvalue weighted by atomic mass is 9.93. The van der Waals surface area contributed by atoms with E-state index >= 15 is 0 Å². The average molecular weight is 420 g/mol. The number of rotatable bonds is 2. The van der Waals surface area contributed by atoms with Crippen LogP contribution in [0.25, 0.3) is 44.3 Å². The Morgan fingerprint density at radius 3 is 1.22 bits per heavy atom. The van der Waals surface area contributed by atoms with Gasteiger partial charge >= 0.3 is 0 Å². The molecule has 0 saturated heterocycles. The Balaban J connectivity index is 1.78. The molecule has 32 heavy (non-hydrogen) atoms. The number of benzene rings is 2. The number of aromatic nitrogens is 3. The summed E-state index contributed by atoms with van der Waals surface area (Å²) in [5.74, 6) is 0. The number of aryl methyl sites for hydroxylation is 7. The van der Waals surface area contributed by atoms with Crippen molar-refractivity contribution in [1.82, 2.24) is 14.5 Å². The first-order valence-corrected chi connectivity index (χ1v) is 11.1. The van der Waals surface area contributed by atoms with Crippen molar-refractivity contribution in [3.63, 3.8) is 0 Å². The first-order valence-electron chi connectivity index (χ1n) is 11.1. The maximum Gasteiger partial charge on any atom is 0.141 e. The highest BCUT2D eigenvalue weighted by Crippen LogP contribution is 2.36. The minimum Gasteiger partial charge on any atom is -0.313 e. The zero-order valence-corrected chi connectivity index (χ0v) is 20.0. The molecule has 3 heterocycles. The van der Waals surface area contributed by atoms with Crippen LogP contribution in [0.3, 0.4) is 0 Å². The van der Waals surface area contributed by atoms with E-state index in [-0.39, 0.29) is 0 Å². The van der Waals surface area contributed by atoms with Gasteiger partial charge in [-0.2, -0.15) is 0 Å². The summed E-state index contributed by atoms with van der Waals surface area (Å²) in [6.45, 7) is 13.0. The fourth-order valence-corrected chi connectivity index (χ4v) is 5.49. The molecule has 3 aromatic heterocycles. The van der Waals surface area contributed by atoms with E-state index in [4.69, 9.17) is 9.97 Å². The summed E-state index contributed by atoms with van der Waals surface area (Å²) in [5, 5.41) is 2.30. The van der Waals surface area contributed by atoms with Crippen molar-refractivity contribution in [3.05, 3.63) is 82.2 Å². The molecule has 2 aromatic carbocycles. The van der Waals surface area contributed by atoms with Crippen LogP contribution in [0.5, 0.6) is 0 Å². The number of hydrogen-bond acceptors (Lipinski definition) is 2. The Hall–Kier alpha value is -3.46. The van der Waals surface area contributed by atoms with Crippen molar-refractivity contribution in [2.24, 2.45) is 7.05 Å². The van der Waals surface area contributed by atoms with Crippen LogP contribution in [-0.4, -0.2) is 14.5 Å². The summed E-state index contributed by atoms with van der Waals surface area (Å²) < 4.78 is 2.10. The third kappa shape index (κ3) is 3.12. The molecule has 0 radical (unpaired) electrons. The maximum absolute atomic E-state index is 4.87. The molecule has 160 valence electrons. The van der Waals surface area contributed by atoms with Gasteiger partial charge in [-0.1, -0.05) is 35.4 Å². The zero-order valence-electron chi connectivity index (χ0n) is 20.0. The third-order valence-corrected chi connectivity index (χ3v) is 6.59. The SMILES string of the molecule is Cc1cc(C)c(-c2cnc3c(c2)c2cc(-c4c(C)cc(C)cc4C)cnc2n3C)c(C)c1. The van der Waals surface area contributed by atoms with Gasteiger partial charge in [0, 0.05) is 41.3 Å². The molecule has 3 nitrogen and oxygen atoms in total. The summed E-state index contributed by atoms with van der Waals surface area (Å²) in [7, 11) is 2.05. The van der Waals surface area contributed by atoms with Crippen molar-refractivity contribution in [3.8, 4) is 22.3 Å². The molecule has 0 aliphatic heterocycles. The molecule has 0 fully saturated rings. The van der Waals surface area contributed by atoms with Gasteiger partial charge in [0.05, 0.1) is 0 Å². The normalized spacial score (nSPS) is 11.6. The molecule has 0 saturated carbocycles. The quantitative estimate of drug-likeness (QED) is 0.300. The molecular formula is C29H29N3. The van der Waals surface area contributed by atoms with Crippen LogP contribution in [0.1, 0.15) is 33.4 Å². The van der Waals surface area contributed by atoms with E-state index in [1.807, 2.05) is 12.4 Å². The van der Waals surface area contributed by atoms with E-state index in [1.54, 1.807) is 0 Å². The predicted octanol–water partition coefficient (Wildman–Crippen LogP) is 7.31. The second-order valence-corrected chi connectivity index (χ2v) is 9.30. The van der Waals surface area contributed by atoms with Crippen LogP contribution in [0.2, 0.25) is 0 Å². The number of pyridine rings is 2. The van der Waals surface area contributed by atoms with Gasteiger partial charge in [0.15, 0.2) is 0 Å². The van der Waals surface area contributed by atoms with Gasteiger partial charge in [0.25, 0.3) is 0 Å². The summed E-state index contributed by atoms with van der Waals surface area (Å²) in [5.41, 5.74) is 14.5. The molecular weight excluding hydrogens is 390 g/mol. The van der Waals surface area contributed by atoms with Gasteiger partial charge in [-0.25, -0.2) is 9.97 Å². The zero-order chi connectivity index (χ0) is 22.7. The Labute approximate surface area is 189 Å². The van der Waals surface area contributed by atoms with Crippen LogP contribution in [-0.2, 0) is 7.05 Å². The van der Waals surface area contributed by atoms with Crippen LogP contribution >= 0.6 is 0 Å². The van der Waals surface area contributed by atoms with Crippen LogP contribution < -0.4 is 0 Å². The largest absolute Gasteiger partial charge is 0.313 e. The lowest BCUT2D eigenvalue weighted by molar-refractivity contribution is 0.968. The van der Waals surface area contributed by atoms with Crippen LogP contribution in [0.15, 0.2) is 48.8 Å². The number of hydrogen-bond donors (Lipinski definition) is 0. The van der Waals surface area contributed by atoms with Gasteiger partial charge in [0.1, 0.15) is 11.3 Å². The fraction of sp³-hybridized carbons (Fsp3) is 0.241. The summed E-state index contributed by atoms with van der Waals surface area (Å²) >= 11 is 0. The van der Waals surface area contributed by atoms with Crippen molar-refractivity contribution in [1.29, 1.82) is 0 Å². The summed E-state index contributed by atoms with van der Waals surface area (Å²) in [4.78, 5) is 9.74. The lowest BCUT2D eigenvalue weighted by Gasteiger charge is -2.12. The standard InChI is InChI=1S/C29H29N3/c1-16-8-18(3)26(19(4)9-16)22-12-24-25-13-23(27-20(5)10-17(2)11-21(27)6)15-31-29(25)32(7)28(24)30-14-22/h8-15H,1-7H3. The molecule has 3 heteroatoms. The van der Waals surface area contributed by atoms with E-state index in [1.165, 1.54) is 44.5 Å². The van der Waals surface area contributed by atoms with E-state index in [2.05, 4.69) is 89.6 Å². The lowest BCUT2D eigenvalue weighted by Crippen LogP contribution is -1.94. The summed E-state index contributed by atoms with van der Waals surface area (Å²) in [6.07, 6.45) is 4.00. The van der Waals surface area contributed by atoms with Crippen molar-refractivity contribution in [2.45, 2.75) is 41.5 Å². The van der Waals surface area contributed by atoms with Gasteiger partial charge in [0.2, 0.25) is 0 Å². The molecule has 0 bridgehead atoms. The Kier molecular flexibility index (Phi) is 4.67. The molecule has 5 aromatic rings. The van der Waals surface area contributed by atoms with E-state index in [0.29, 0.717) is 0 Å². The summed E-state index contributed by atoms with van der Waals surface area (Å²) in [6, 6.07) is 13.6. The second kappa shape index (κ2) is 7.30. The third-order valence-electron chi connectivity index (χ3n) is 6.59. The van der Waals surface area contributed by atoms with Gasteiger partial charge < -0.3 is 4.57 Å². The molecule has 5 rings (SSSR count). The molecule has 0 unspecified atom stereocenters. The number of nitrogens with zero attached hydrogens (tertiary/aromatic N) is 3. The highest BCUT2D eigenvalue weighted by Gasteiger charge is 2.16. The van der Waals surface area contributed by atoms with Gasteiger partial charge in [-0.3, -0.25) is 0 Å².